The van der Waals surface area contributed by atoms with Crippen molar-refractivity contribution in [2.24, 2.45) is 0 Å². The topological polar surface area (TPSA) is 37.3 Å². The Kier molecular flexibility index (Phi) is 2.11. The third-order valence-corrected chi connectivity index (χ3v) is 3.70. The van der Waals surface area contributed by atoms with Gasteiger partial charge in [0.05, 0.1) is 0 Å². The minimum atomic E-state index is -0.805. The molecule has 4 heteroatoms. The molecule has 0 saturated heterocycles. The van der Waals surface area contributed by atoms with Crippen LogP contribution in [0.5, 0.6) is 0 Å². The van der Waals surface area contributed by atoms with Gasteiger partial charge in [0.1, 0.15) is 0 Å². The molecule has 1 N–H and O–H groups in total. The van der Waals surface area contributed by atoms with Gasteiger partial charge in [-0.2, -0.15) is 0 Å². The van der Waals surface area contributed by atoms with Crippen LogP contribution in [0.4, 0.5) is 0 Å². The third-order valence-electron chi connectivity index (χ3n) is 0.784. The van der Waals surface area contributed by atoms with Gasteiger partial charge in [0, 0.05) is 0 Å². The first kappa shape index (κ1) is 7.06. The van der Waals surface area contributed by atoms with Gasteiger partial charge in [-0.3, -0.25) is 0 Å². The Morgan fingerprint density at radius 1 is 1.67 bits per heavy atom. The van der Waals surface area contributed by atoms with Gasteiger partial charge in [-0.25, -0.2) is 0 Å². The van der Waals surface area contributed by atoms with Crippen molar-refractivity contribution in [2.45, 2.75) is 0 Å². The van der Waals surface area contributed by atoms with E-state index in [2.05, 4.69) is 15.9 Å². The first-order valence-electron chi connectivity index (χ1n) is 2.19. The number of rotatable bonds is 1. The van der Waals surface area contributed by atoms with E-state index < -0.39 is 5.97 Å². The molecule has 0 aliphatic carbocycles. The Hall–Kier alpha value is -0.0505. The summed E-state index contributed by atoms with van der Waals surface area (Å²) in [7, 11) is 0. The normalized spacial score (nSPS) is 9.44. The quantitative estimate of drug-likeness (QED) is 0.764. The predicted octanol–water partition coefficient (Wildman–Crippen LogP) is 1.20. The van der Waals surface area contributed by atoms with Gasteiger partial charge in [-0.15, -0.1) is 0 Å². The van der Waals surface area contributed by atoms with Crippen LogP contribution in [-0.2, 0) is 0 Å². The molecule has 1 heterocycles. The van der Waals surface area contributed by atoms with Crippen LogP contribution < -0.4 is 0 Å². The maximum absolute atomic E-state index is 10.2. The molecule has 1 aromatic rings. The molecule has 0 unspecified atom stereocenters. The zero-order chi connectivity index (χ0) is 6.85. The van der Waals surface area contributed by atoms with Gasteiger partial charge in [-0.1, -0.05) is 0 Å². The second kappa shape index (κ2) is 2.69. The van der Waals surface area contributed by atoms with Crippen LogP contribution in [0.2, 0.25) is 0 Å². The van der Waals surface area contributed by atoms with E-state index in [1.54, 1.807) is 12.1 Å². The summed E-state index contributed by atoms with van der Waals surface area (Å²) >= 11 is 3.23. The summed E-state index contributed by atoms with van der Waals surface area (Å²) in [6, 6.07) is 3.41. The molecule has 0 radical (unpaired) electrons. The molecule has 0 aromatic carbocycles. The van der Waals surface area contributed by atoms with E-state index >= 15 is 0 Å². The van der Waals surface area contributed by atoms with E-state index in [4.69, 9.17) is 5.11 Å². The van der Waals surface area contributed by atoms with Crippen LogP contribution >= 0.6 is 15.9 Å². The molecule has 0 aliphatic rings. The van der Waals surface area contributed by atoms with Crippen molar-refractivity contribution >= 4 is 36.4 Å². The van der Waals surface area contributed by atoms with Gasteiger partial charge in [0.15, 0.2) is 0 Å². The average molecular weight is 254 g/mol. The second-order valence-corrected chi connectivity index (χ2v) is 5.72. The average Bonchev–Trinajstić information content (AvgIpc) is 2.14. The van der Waals surface area contributed by atoms with Gasteiger partial charge in [0.2, 0.25) is 0 Å². The molecule has 1 aromatic heterocycles. The zero-order valence-corrected chi connectivity index (χ0v) is 7.60. The van der Waals surface area contributed by atoms with Crippen LogP contribution in [0, 0.1) is 0 Å². The number of halogens is 1. The number of aromatic carboxylic acids is 1. The molecule has 0 saturated carbocycles. The fourth-order valence-electron chi connectivity index (χ4n) is 0.429. The molecule has 1 rings (SSSR count). The summed E-state index contributed by atoms with van der Waals surface area (Å²) < 4.78 is 1.50. The summed E-state index contributed by atoms with van der Waals surface area (Å²) in [6.07, 6.45) is 0. The summed E-state index contributed by atoms with van der Waals surface area (Å²) in [5, 5.41) is 8.42. The maximum atomic E-state index is 10.2. The number of carboxylic acid groups (broad SMARTS) is 1. The van der Waals surface area contributed by atoms with Crippen molar-refractivity contribution in [3.8, 4) is 0 Å². The van der Waals surface area contributed by atoms with E-state index in [-0.39, 0.29) is 14.5 Å². The summed E-state index contributed by atoms with van der Waals surface area (Å²) in [4.78, 5) is 10.2. The van der Waals surface area contributed by atoms with E-state index in [0.29, 0.717) is 4.44 Å². The van der Waals surface area contributed by atoms with Crippen LogP contribution in [0.1, 0.15) is 9.23 Å². The Labute approximate surface area is 66.4 Å². The van der Waals surface area contributed by atoms with Crippen LogP contribution in [0.3, 0.4) is 0 Å². The van der Waals surface area contributed by atoms with Crippen molar-refractivity contribution in [3.63, 3.8) is 0 Å². The van der Waals surface area contributed by atoms with Crippen molar-refractivity contribution in [2.75, 3.05) is 0 Å². The second-order valence-electron chi connectivity index (χ2n) is 1.41. The van der Waals surface area contributed by atoms with Crippen molar-refractivity contribution in [1.29, 1.82) is 0 Å². The Balaban J connectivity index is 2.98. The van der Waals surface area contributed by atoms with Crippen molar-refractivity contribution in [3.05, 3.63) is 19.9 Å². The van der Waals surface area contributed by atoms with E-state index in [0.717, 1.165) is 3.35 Å². The Bertz CT molecular complexity index is 231. The molecule has 9 heavy (non-hydrogen) atoms. The Morgan fingerprint density at radius 2 is 2.33 bits per heavy atom. The molecule has 2 nitrogen and oxygen atoms in total. The van der Waals surface area contributed by atoms with Crippen LogP contribution in [0.25, 0.3) is 0 Å². The van der Waals surface area contributed by atoms with E-state index in [1.165, 1.54) is 0 Å². The van der Waals surface area contributed by atoms with Gasteiger partial charge in [-0.05, 0) is 0 Å². The number of hydrogen-bond donors (Lipinski definition) is 1. The van der Waals surface area contributed by atoms with Crippen molar-refractivity contribution in [1.82, 2.24) is 0 Å². The molecule has 48 valence electrons. The van der Waals surface area contributed by atoms with Gasteiger partial charge >= 0.3 is 66.2 Å². The van der Waals surface area contributed by atoms with Crippen molar-refractivity contribution < 1.29 is 9.90 Å². The van der Waals surface area contributed by atoms with Gasteiger partial charge < -0.3 is 0 Å². The molecule has 0 atom stereocenters. The number of carboxylic acids is 1. The molecular weight excluding hydrogens is 251 g/mol. The molecule has 0 amide bonds. The Morgan fingerprint density at radius 3 is 2.56 bits per heavy atom. The third kappa shape index (κ3) is 1.68. The van der Waals surface area contributed by atoms with E-state index in [9.17, 15) is 4.79 Å². The predicted molar refractivity (Wildman–Crippen MR) is 38.0 cm³/mol. The number of carbonyl (C=O) groups is 1. The van der Waals surface area contributed by atoms with Crippen LogP contribution in [0.15, 0.2) is 15.5 Å². The minimum absolute atomic E-state index is 0.00579. The molecule has 0 bridgehead atoms. The summed E-state index contributed by atoms with van der Waals surface area (Å²) in [5.41, 5.74) is 0. The fourth-order valence-corrected chi connectivity index (χ4v) is 2.66. The standard InChI is InChI=1S/C5H3BrO2Se/c6-4-2-1-3(9-4)5(7)8/h1-2H,(H,7,8). The number of hydrogen-bond acceptors (Lipinski definition) is 1. The summed E-state index contributed by atoms with van der Waals surface area (Å²) in [6.45, 7) is 0. The molecule has 0 aliphatic heterocycles. The molecule has 0 fully saturated rings. The SMILES string of the molecule is O=C(O)c1ccc(Br)[se]1. The van der Waals surface area contributed by atoms with E-state index in [1.807, 2.05) is 0 Å². The fraction of sp³-hybridized carbons (Fsp3) is 0. The zero-order valence-electron chi connectivity index (χ0n) is 4.30. The van der Waals surface area contributed by atoms with Gasteiger partial charge in [0.25, 0.3) is 0 Å². The monoisotopic (exact) mass is 254 g/mol. The molecule has 0 spiro atoms. The van der Waals surface area contributed by atoms with Crippen LogP contribution in [-0.4, -0.2) is 25.6 Å². The first-order valence-corrected chi connectivity index (χ1v) is 4.69. The first-order chi connectivity index (χ1) is 4.20. The molecular formula is C5H3BrO2Se. The summed E-state index contributed by atoms with van der Waals surface area (Å²) in [5.74, 6) is -0.805.